The molecule has 0 aliphatic rings. The summed E-state index contributed by atoms with van der Waals surface area (Å²) in [5.41, 5.74) is 10.2. The number of hydrogen-bond acceptors (Lipinski definition) is 5. The standard InChI is InChI=1S/C19H22N4O/c1-4-5-16-18-17(23-19(20)22-16)11-10-15(21-18)13-6-8-14(9-7-13)24-12(2)3/h6-12H,4-5H2,1-3H3,(H2,20,22,23). The van der Waals surface area contributed by atoms with Crippen LogP contribution in [0, 0.1) is 0 Å². The predicted molar refractivity (Wildman–Crippen MR) is 96.9 cm³/mol. The van der Waals surface area contributed by atoms with Gasteiger partial charge in [0.2, 0.25) is 5.95 Å². The van der Waals surface area contributed by atoms with E-state index in [-0.39, 0.29) is 6.10 Å². The van der Waals surface area contributed by atoms with E-state index in [1.807, 2.05) is 50.2 Å². The number of anilines is 1. The highest BCUT2D eigenvalue weighted by Gasteiger charge is 2.09. The minimum Gasteiger partial charge on any atom is -0.491 e. The molecule has 0 atom stereocenters. The molecule has 5 nitrogen and oxygen atoms in total. The smallest absolute Gasteiger partial charge is 0.220 e. The average molecular weight is 322 g/mol. The van der Waals surface area contributed by atoms with Crippen LogP contribution in [0.5, 0.6) is 5.75 Å². The van der Waals surface area contributed by atoms with E-state index in [9.17, 15) is 0 Å². The molecule has 0 amide bonds. The Bertz CT molecular complexity index is 844. The van der Waals surface area contributed by atoms with Crippen LogP contribution in [0.1, 0.15) is 32.9 Å². The van der Waals surface area contributed by atoms with Crippen LogP contribution in [-0.2, 0) is 6.42 Å². The molecule has 0 unspecified atom stereocenters. The first-order chi connectivity index (χ1) is 11.6. The number of nitrogens with zero attached hydrogens (tertiary/aromatic N) is 3. The van der Waals surface area contributed by atoms with E-state index in [1.165, 1.54) is 0 Å². The summed E-state index contributed by atoms with van der Waals surface area (Å²) in [5.74, 6) is 1.16. The lowest BCUT2D eigenvalue weighted by Gasteiger charge is -2.10. The molecule has 1 aromatic carbocycles. The van der Waals surface area contributed by atoms with Crippen molar-refractivity contribution in [3.05, 3.63) is 42.1 Å². The van der Waals surface area contributed by atoms with Gasteiger partial charge in [0.05, 0.1) is 23.0 Å². The third-order valence-corrected chi connectivity index (χ3v) is 3.64. The maximum absolute atomic E-state index is 5.80. The average Bonchev–Trinajstić information content (AvgIpc) is 2.55. The molecule has 0 radical (unpaired) electrons. The lowest BCUT2D eigenvalue weighted by atomic mass is 10.1. The Hall–Kier alpha value is -2.69. The first kappa shape index (κ1) is 16.2. The fourth-order valence-electron chi connectivity index (χ4n) is 2.64. The van der Waals surface area contributed by atoms with Gasteiger partial charge in [0, 0.05) is 5.56 Å². The number of aromatic nitrogens is 3. The molecule has 0 aliphatic heterocycles. The summed E-state index contributed by atoms with van der Waals surface area (Å²) in [7, 11) is 0. The topological polar surface area (TPSA) is 73.9 Å². The van der Waals surface area contributed by atoms with Gasteiger partial charge >= 0.3 is 0 Å². The number of nitrogens with two attached hydrogens (primary N) is 1. The summed E-state index contributed by atoms with van der Waals surface area (Å²) in [6.07, 6.45) is 1.98. The van der Waals surface area contributed by atoms with Crippen LogP contribution >= 0.6 is 0 Å². The maximum Gasteiger partial charge on any atom is 0.220 e. The van der Waals surface area contributed by atoms with Crippen LogP contribution in [-0.4, -0.2) is 21.1 Å². The number of benzene rings is 1. The van der Waals surface area contributed by atoms with Gasteiger partial charge in [0.25, 0.3) is 0 Å². The molecule has 2 N–H and O–H groups in total. The Morgan fingerprint density at radius 2 is 1.75 bits per heavy atom. The summed E-state index contributed by atoms with van der Waals surface area (Å²) in [5, 5.41) is 0. The summed E-state index contributed by atoms with van der Waals surface area (Å²) in [4.78, 5) is 13.4. The van der Waals surface area contributed by atoms with E-state index in [1.54, 1.807) is 0 Å². The second-order valence-corrected chi connectivity index (χ2v) is 6.03. The number of ether oxygens (including phenoxy) is 1. The Morgan fingerprint density at radius 1 is 1.00 bits per heavy atom. The van der Waals surface area contributed by atoms with Gasteiger partial charge in [-0.25, -0.2) is 15.0 Å². The van der Waals surface area contributed by atoms with Gasteiger partial charge in [0.1, 0.15) is 11.3 Å². The second-order valence-electron chi connectivity index (χ2n) is 6.03. The first-order valence-corrected chi connectivity index (χ1v) is 8.27. The van der Waals surface area contributed by atoms with Crippen molar-refractivity contribution < 1.29 is 4.74 Å². The van der Waals surface area contributed by atoms with E-state index < -0.39 is 0 Å². The van der Waals surface area contributed by atoms with Gasteiger partial charge in [-0.2, -0.15) is 0 Å². The van der Waals surface area contributed by atoms with Crippen molar-refractivity contribution in [2.75, 3.05) is 5.73 Å². The lowest BCUT2D eigenvalue weighted by Crippen LogP contribution is -2.05. The van der Waals surface area contributed by atoms with Gasteiger partial charge in [-0.3, -0.25) is 0 Å². The Morgan fingerprint density at radius 3 is 2.42 bits per heavy atom. The lowest BCUT2D eigenvalue weighted by molar-refractivity contribution is 0.242. The van der Waals surface area contributed by atoms with Crippen LogP contribution in [0.3, 0.4) is 0 Å². The van der Waals surface area contributed by atoms with Crippen molar-refractivity contribution in [1.82, 2.24) is 15.0 Å². The normalized spacial score (nSPS) is 11.2. The highest BCUT2D eigenvalue weighted by atomic mass is 16.5. The number of rotatable bonds is 5. The largest absolute Gasteiger partial charge is 0.491 e. The van der Waals surface area contributed by atoms with Crippen molar-refractivity contribution in [3.63, 3.8) is 0 Å². The number of aryl methyl sites for hydroxylation is 1. The Balaban J connectivity index is 2.00. The molecule has 0 saturated heterocycles. The highest BCUT2D eigenvalue weighted by Crippen LogP contribution is 2.25. The molecule has 2 aromatic heterocycles. The summed E-state index contributed by atoms with van der Waals surface area (Å²) in [6, 6.07) is 11.9. The van der Waals surface area contributed by atoms with Crippen molar-refractivity contribution in [2.24, 2.45) is 0 Å². The first-order valence-electron chi connectivity index (χ1n) is 8.27. The van der Waals surface area contributed by atoms with Crippen LogP contribution in [0.4, 0.5) is 5.95 Å². The maximum atomic E-state index is 5.80. The van der Waals surface area contributed by atoms with Crippen molar-refractivity contribution in [1.29, 1.82) is 0 Å². The van der Waals surface area contributed by atoms with E-state index in [0.29, 0.717) is 5.95 Å². The number of pyridine rings is 1. The third-order valence-electron chi connectivity index (χ3n) is 3.64. The zero-order chi connectivity index (χ0) is 17.1. The molecular formula is C19H22N4O. The fourth-order valence-corrected chi connectivity index (χ4v) is 2.64. The number of fused-ring (bicyclic) bond motifs is 1. The van der Waals surface area contributed by atoms with Crippen LogP contribution in [0.2, 0.25) is 0 Å². The van der Waals surface area contributed by atoms with E-state index in [2.05, 4.69) is 16.9 Å². The molecule has 3 rings (SSSR count). The zero-order valence-corrected chi connectivity index (χ0v) is 14.3. The predicted octanol–water partition coefficient (Wildman–Crippen LogP) is 4.01. The highest BCUT2D eigenvalue weighted by molar-refractivity contribution is 5.81. The Kier molecular flexibility index (Phi) is 4.60. The van der Waals surface area contributed by atoms with Crippen LogP contribution < -0.4 is 10.5 Å². The quantitative estimate of drug-likeness (QED) is 0.768. The van der Waals surface area contributed by atoms with Crippen LogP contribution in [0.15, 0.2) is 36.4 Å². The van der Waals surface area contributed by atoms with E-state index in [0.717, 1.165) is 46.6 Å². The number of hydrogen-bond donors (Lipinski definition) is 1. The third kappa shape index (κ3) is 3.45. The molecule has 0 bridgehead atoms. The molecule has 24 heavy (non-hydrogen) atoms. The molecule has 124 valence electrons. The molecule has 0 fully saturated rings. The van der Waals surface area contributed by atoms with Gasteiger partial charge in [0.15, 0.2) is 0 Å². The van der Waals surface area contributed by atoms with E-state index >= 15 is 0 Å². The van der Waals surface area contributed by atoms with Crippen molar-refractivity contribution >= 4 is 17.0 Å². The summed E-state index contributed by atoms with van der Waals surface area (Å²) in [6.45, 7) is 6.14. The monoisotopic (exact) mass is 322 g/mol. The minimum absolute atomic E-state index is 0.161. The van der Waals surface area contributed by atoms with Gasteiger partial charge in [-0.1, -0.05) is 13.3 Å². The Labute approximate surface area is 141 Å². The number of nitrogen functional groups attached to an aromatic ring is 1. The minimum atomic E-state index is 0.161. The SMILES string of the molecule is CCCc1nc(N)nc2ccc(-c3ccc(OC(C)C)cc3)nc12. The second kappa shape index (κ2) is 6.83. The van der Waals surface area contributed by atoms with Gasteiger partial charge in [-0.15, -0.1) is 0 Å². The van der Waals surface area contributed by atoms with Crippen LogP contribution in [0.25, 0.3) is 22.3 Å². The molecule has 3 aromatic rings. The van der Waals surface area contributed by atoms with Gasteiger partial charge in [-0.05, 0) is 56.7 Å². The van der Waals surface area contributed by atoms with E-state index in [4.69, 9.17) is 15.5 Å². The molecule has 0 saturated carbocycles. The summed E-state index contributed by atoms with van der Waals surface area (Å²) < 4.78 is 5.69. The zero-order valence-electron chi connectivity index (χ0n) is 14.3. The van der Waals surface area contributed by atoms with Crippen molar-refractivity contribution in [3.8, 4) is 17.0 Å². The molecule has 2 heterocycles. The molecule has 0 spiro atoms. The summed E-state index contributed by atoms with van der Waals surface area (Å²) >= 11 is 0. The molecule has 5 heteroatoms. The van der Waals surface area contributed by atoms with Gasteiger partial charge < -0.3 is 10.5 Å². The fraction of sp³-hybridized carbons (Fsp3) is 0.316. The molecule has 0 aliphatic carbocycles. The van der Waals surface area contributed by atoms with Crippen molar-refractivity contribution in [2.45, 2.75) is 39.7 Å². The molecular weight excluding hydrogens is 300 g/mol.